The zero-order chi connectivity index (χ0) is 14.1. The molecular weight excluding hydrogens is 365 g/mol. The zero-order valence-electron chi connectivity index (χ0n) is 11.0. The van der Waals surface area contributed by atoms with Gasteiger partial charge in [-0.25, -0.2) is 4.98 Å². The van der Waals surface area contributed by atoms with Crippen molar-refractivity contribution in [3.8, 4) is 17.1 Å². The molecule has 2 heterocycles. The van der Waals surface area contributed by atoms with Crippen LogP contribution in [0.2, 0.25) is 0 Å². The van der Waals surface area contributed by atoms with Gasteiger partial charge in [0.25, 0.3) is 0 Å². The normalized spacial score (nSPS) is 10.9. The number of aromatic amines is 1. The molecule has 3 N–H and O–H groups in total. The van der Waals surface area contributed by atoms with Crippen molar-refractivity contribution < 1.29 is 4.74 Å². The monoisotopic (exact) mass is 379 g/mol. The van der Waals surface area contributed by atoms with Gasteiger partial charge in [0.2, 0.25) is 5.88 Å². The number of aromatic nitrogens is 2. The Balaban J connectivity index is 2.20. The molecule has 3 rings (SSSR count). The molecule has 1 aromatic carbocycles. The molecule has 0 atom stereocenters. The van der Waals surface area contributed by atoms with Crippen molar-refractivity contribution in [2.24, 2.45) is 5.73 Å². The van der Waals surface area contributed by atoms with Crippen molar-refractivity contribution in [2.75, 3.05) is 7.11 Å². The maximum atomic E-state index is 5.68. The van der Waals surface area contributed by atoms with E-state index in [-0.39, 0.29) is 0 Å². The molecule has 2 aromatic heterocycles. The van der Waals surface area contributed by atoms with E-state index in [1.165, 1.54) is 0 Å². The van der Waals surface area contributed by atoms with Crippen LogP contribution in [0.5, 0.6) is 5.88 Å². The first-order valence-electron chi connectivity index (χ1n) is 6.23. The van der Waals surface area contributed by atoms with E-state index in [0.29, 0.717) is 12.4 Å². The number of benzene rings is 1. The summed E-state index contributed by atoms with van der Waals surface area (Å²) >= 11 is 2.29. The summed E-state index contributed by atoms with van der Waals surface area (Å²) < 4.78 is 6.46. The molecule has 0 radical (unpaired) electrons. The summed E-state index contributed by atoms with van der Waals surface area (Å²) in [5.74, 6) is 0.627. The maximum absolute atomic E-state index is 5.68. The van der Waals surface area contributed by atoms with Gasteiger partial charge >= 0.3 is 0 Å². The molecule has 0 spiro atoms. The molecule has 102 valence electrons. The van der Waals surface area contributed by atoms with E-state index >= 15 is 0 Å². The van der Waals surface area contributed by atoms with Gasteiger partial charge < -0.3 is 15.5 Å². The van der Waals surface area contributed by atoms with Crippen LogP contribution in [0.25, 0.3) is 22.2 Å². The number of nitrogens with one attached hydrogen (secondary N) is 1. The fraction of sp³-hybridized carbons (Fsp3) is 0.133. The van der Waals surface area contributed by atoms with Crippen LogP contribution in [0.1, 0.15) is 5.56 Å². The van der Waals surface area contributed by atoms with E-state index in [1.807, 2.05) is 12.1 Å². The predicted molar refractivity (Wildman–Crippen MR) is 88.7 cm³/mol. The Hall–Kier alpha value is -1.60. The van der Waals surface area contributed by atoms with Gasteiger partial charge in [-0.05, 0) is 46.4 Å². The van der Waals surface area contributed by atoms with Crippen LogP contribution in [0.4, 0.5) is 0 Å². The van der Waals surface area contributed by atoms with Crippen molar-refractivity contribution in [1.29, 1.82) is 0 Å². The Morgan fingerprint density at radius 2 is 2.15 bits per heavy atom. The number of ether oxygens (including phenoxy) is 1. The number of pyridine rings is 1. The molecule has 0 unspecified atom stereocenters. The fourth-order valence-electron chi connectivity index (χ4n) is 2.25. The van der Waals surface area contributed by atoms with Gasteiger partial charge in [0, 0.05) is 27.2 Å². The van der Waals surface area contributed by atoms with Gasteiger partial charge in [0.15, 0.2) is 0 Å². The van der Waals surface area contributed by atoms with Gasteiger partial charge in [-0.3, -0.25) is 0 Å². The molecular formula is C15H14IN3O. The minimum atomic E-state index is 0.540. The van der Waals surface area contributed by atoms with Gasteiger partial charge in [0.1, 0.15) is 0 Å². The number of rotatable bonds is 3. The van der Waals surface area contributed by atoms with E-state index in [0.717, 1.165) is 31.3 Å². The lowest BCUT2D eigenvalue weighted by Gasteiger charge is -2.07. The van der Waals surface area contributed by atoms with Crippen LogP contribution in [0.3, 0.4) is 0 Å². The average Bonchev–Trinajstić information content (AvgIpc) is 2.88. The number of hydrogen-bond acceptors (Lipinski definition) is 3. The Morgan fingerprint density at radius 1 is 1.30 bits per heavy atom. The third-order valence-electron chi connectivity index (χ3n) is 3.25. The molecule has 0 aliphatic carbocycles. The van der Waals surface area contributed by atoms with Crippen LogP contribution < -0.4 is 10.5 Å². The Labute approximate surface area is 130 Å². The van der Waals surface area contributed by atoms with Crippen molar-refractivity contribution in [3.63, 3.8) is 0 Å². The Bertz CT molecular complexity index is 767. The van der Waals surface area contributed by atoms with E-state index in [9.17, 15) is 0 Å². The first-order chi connectivity index (χ1) is 9.72. The van der Waals surface area contributed by atoms with E-state index < -0.39 is 0 Å². The number of halogens is 1. The molecule has 3 aromatic rings. The van der Waals surface area contributed by atoms with Crippen molar-refractivity contribution >= 4 is 33.5 Å². The van der Waals surface area contributed by atoms with Crippen molar-refractivity contribution in [3.05, 3.63) is 45.7 Å². The number of fused-ring (bicyclic) bond motifs is 1. The summed E-state index contributed by atoms with van der Waals surface area (Å²) in [4.78, 5) is 7.69. The second-order valence-electron chi connectivity index (χ2n) is 4.49. The van der Waals surface area contributed by atoms with Gasteiger partial charge in [-0.1, -0.05) is 12.1 Å². The highest BCUT2D eigenvalue weighted by Crippen LogP contribution is 2.33. The predicted octanol–water partition coefficient (Wildman–Crippen LogP) is 3.30. The highest BCUT2D eigenvalue weighted by atomic mass is 127. The molecule has 0 bridgehead atoms. The number of hydrogen-bond donors (Lipinski definition) is 2. The molecule has 0 amide bonds. The summed E-state index contributed by atoms with van der Waals surface area (Å²) in [7, 11) is 1.64. The van der Waals surface area contributed by atoms with Crippen LogP contribution in [-0.2, 0) is 6.54 Å². The molecule has 0 saturated heterocycles. The number of H-pyrrole nitrogens is 1. The number of nitrogens with zero attached hydrogens (tertiary/aromatic N) is 1. The summed E-state index contributed by atoms with van der Waals surface area (Å²) in [5.41, 5.74) is 9.86. The van der Waals surface area contributed by atoms with Gasteiger partial charge in [-0.15, -0.1) is 0 Å². The van der Waals surface area contributed by atoms with Crippen LogP contribution in [-0.4, -0.2) is 17.1 Å². The first-order valence-corrected chi connectivity index (χ1v) is 7.31. The van der Waals surface area contributed by atoms with E-state index in [2.05, 4.69) is 50.8 Å². The standard InChI is InChI=1S/C15H14IN3O/c1-20-15-14(11(16)4-5-18-15)13-7-10-3-2-9(8-17)6-12(10)19-13/h2-7,19H,8,17H2,1H3. The number of nitrogens with two attached hydrogens (primary N) is 1. The van der Waals surface area contributed by atoms with Crippen LogP contribution in [0.15, 0.2) is 36.5 Å². The highest BCUT2D eigenvalue weighted by Gasteiger charge is 2.13. The third kappa shape index (κ3) is 2.27. The summed E-state index contributed by atoms with van der Waals surface area (Å²) in [6.07, 6.45) is 1.75. The summed E-state index contributed by atoms with van der Waals surface area (Å²) in [5, 5.41) is 1.15. The third-order valence-corrected chi connectivity index (χ3v) is 4.15. The summed E-state index contributed by atoms with van der Waals surface area (Å²) in [6.45, 7) is 0.540. The lowest BCUT2D eigenvalue weighted by atomic mass is 10.1. The van der Waals surface area contributed by atoms with Crippen molar-refractivity contribution in [1.82, 2.24) is 9.97 Å². The van der Waals surface area contributed by atoms with Crippen LogP contribution in [0, 0.1) is 3.57 Å². The smallest absolute Gasteiger partial charge is 0.223 e. The topological polar surface area (TPSA) is 63.9 Å². The SMILES string of the molecule is COc1nccc(I)c1-c1cc2ccc(CN)cc2[nH]1. The van der Waals surface area contributed by atoms with Gasteiger partial charge in [0.05, 0.1) is 18.4 Å². The molecule has 5 heteroatoms. The van der Waals surface area contributed by atoms with Gasteiger partial charge in [-0.2, -0.15) is 0 Å². The van der Waals surface area contributed by atoms with Crippen molar-refractivity contribution in [2.45, 2.75) is 6.54 Å². The van der Waals surface area contributed by atoms with E-state index in [1.54, 1.807) is 13.3 Å². The first kappa shape index (κ1) is 13.4. The molecule has 0 fully saturated rings. The Morgan fingerprint density at radius 3 is 2.90 bits per heavy atom. The fourth-order valence-corrected chi connectivity index (χ4v) is 2.94. The van der Waals surface area contributed by atoms with Crippen LogP contribution >= 0.6 is 22.6 Å². The zero-order valence-corrected chi connectivity index (χ0v) is 13.1. The number of methoxy groups -OCH3 is 1. The quantitative estimate of drug-likeness (QED) is 0.687. The summed E-state index contributed by atoms with van der Waals surface area (Å²) in [6, 6.07) is 10.3. The molecule has 0 aliphatic heterocycles. The lowest BCUT2D eigenvalue weighted by Crippen LogP contribution is -1.95. The Kier molecular flexibility index (Phi) is 3.62. The second kappa shape index (κ2) is 5.41. The minimum absolute atomic E-state index is 0.540. The molecule has 0 saturated carbocycles. The second-order valence-corrected chi connectivity index (χ2v) is 5.65. The maximum Gasteiger partial charge on any atom is 0.223 e. The minimum Gasteiger partial charge on any atom is -0.480 e. The van der Waals surface area contributed by atoms with E-state index in [4.69, 9.17) is 10.5 Å². The molecule has 20 heavy (non-hydrogen) atoms. The average molecular weight is 379 g/mol. The molecule has 4 nitrogen and oxygen atoms in total. The lowest BCUT2D eigenvalue weighted by molar-refractivity contribution is 0.399. The largest absolute Gasteiger partial charge is 0.480 e. The molecule has 0 aliphatic rings. The highest BCUT2D eigenvalue weighted by molar-refractivity contribution is 14.1.